The second kappa shape index (κ2) is 35.5. The molecule has 0 heterocycles. The van der Waals surface area contributed by atoms with Crippen LogP contribution in [-0.4, -0.2) is 11.9 Å². The summed E-state index contributed by atoms with van der Waals surface area (Å²) in [7, 11) is 0. The molecular weight excluding hydrogens is 711 g/mol. The molecule has 0 fully saturated rings. The zero-order chi connectivity index (χ0) is 35.6. The molecule has 0 aliphatic rings. The van der Waals surface area contributed by atoms with E-state index in [-0.39, 0.29) is 20.4 Å². The zero-order valence-electron chi connectivity index (χ0n) is 33.8. The molecule has 51 heavy (non-hydrogen) atoms. The van der Waals surface area contributed by atoms with Crippen LogP contribution in [0.2, 0.25) is 0 Å². The summed E-state index contributed by atoms with van der Waals surface area (Å²) in [5, 5.41) is 0. The molecule has 0 saturated carbocycles. The maximum absolute atomic E-state index is 5.09. The minimum absolute atomic E-state index is 0. The molecule has 0 atom stereocenters. The van der Waals surface area contributed by atoms with Gasteiger partial charge in [-0.3, -0.25) is 9.98 Å². The monoisotopic (exact) mass is 791 g/mol. The summed E-state index contributed by atoms with van der Waals surface area (Å²) in [4.78, 5) is 10.0. The maximum Gasteiger partial charge on any atom is 0.0636 e. The van der Waals surface area contributed by atoms with E-state index in [9.17, 15) is 0 Å². The van der Waals surface area contributed by atoms with Gasteiger partial charge in [0.25, 0.3) is 0 Å². The van der Waals surface area contributed by atoms with Crippen LogP contribution in [0.15, 0.2) is 58.5 Å². The molecule has 0 spiro atoms. The Morgan fingerprint density at radius 1 is 0.431 bits per heavy atom. The van der Waals surface area contributed by atoms with Crippen LogP contribution in [0.3, 0.4) is 0 Å². The van der Waals surface area contributed by atoms with Gasteiger partial charge in [0.2, 0.25) is 0 Å². The molecule has 2 nitrogen and oxygen atoms in total. The summed E-state index contributed by atoms with van der Waals surface area (Å²) in [6.07, 6.45) is 44.1. The first-order valence-corrected chi connectivity index (χ1v) is 22.0. The van der Waals surface area contributed by atoms with E-state index in [1.54, 1.807) is 0 Å². The molecule has 0 aliphatic heterocycles. The second-order valence-corrected chi connectivity index (χ2v) is 15.3. The Hall–Kier alpha value is -1.56. The van der Waals surface area contributed by atoms with Gasteiger partial charge in [0, 0.05) is 26.6 Å². The second-order valence-electron chi connectivity index (χ2n) is 15.3. The van der Waals surface area contributed by atoms with Gasteiger partial charge in [-0.25, -0.2) is 0 Å². The van der Waals surface area contributed by atoms with Crippen molar-refractivity contribution in [3.8, 4) is 0 Å². The van der Waals surface area contributed by atoms with Gasteiger partial charge < -0.3 is 0 Å². The summed E-state index contributed by atoms with van der Waals surface area (Å²) >= 11 is 0. The van der Waals surface area contributed by atoms with Crippen LogP contribution in [-0.2, 0) is 33.3 Å². The largest absolute Gasteiger partial charge is 0.255 e. The first-order valence-electron chi connectivity index (χ1n) is 22.0. The molecule has 0 radical (unpaired) electrons. The smallest absolute Gasteiger partial charge is 0.0636 e. The molecule has 0 N–H and O–H groups in total. The molecule has 0 aliphatic carbocycles. The Bertz CT molecular complexity index is 1110. The molecule has 3 heteroatoms. The van der Waals surface area contributed by atoms with Crippen LogP contribution in [0.25, 0.3) is 0 Å². The fourth-order valence-electron chi connectivity index (χ4n) is 7.09. The quantitative estimate of drug-likeness (QED) is 0.0383. The maximum atomic E-state index is 5.09. The molecule has 0 saturated heterocycles. The number of aliphatic imine (C=N–C) groups is 2. The van der Waals surface area contributed by atoms with E-state index in [0.717, 1.165) is 42.8 Å². The summed E-state index contributed by atoms with van der Waals surface area (Å²) in [5.74, 6) is 0. The first kappa shape index (κ1) is 47.5. The molecule has 2 aromatic carbocycles. The normalized spacial score (nSPS) is 11.8. The molecule has 2 rings (SSSR count). The first-order chi connectivity index (χ1) is 24.7. The predicted molar refractivity (Wildman–Crippen MR) is 226 cm³/mol. The van der Waals surface area contributed by atoms with Crippen molar-refractivity contribution in [2.75, 3.05) is 0 Å². The third kappa shape index (κ3) is 27.7. The SMILES string of the molecule is CCCCCCCCCCCCCCCc1cccc(N=CC(CCCC)=Nc2cccc(CCCCCCCCCCCCCCC)c2)c1.[Pd]. The van der Waals surface area contributed by atoms with E-state index in [2.05, 4.69) is 69.3 Å². The van der Waals surface area contributed by atoms with Crippen molar-refractivity contribution >= 4 is 23.3 Å². The number of unbranched alkanes of at least 4 members (excludes halogenated alkanes) is 25. The minimum Gasteiger partial charge on any atom is -0.255 e. The fraction of sp³-hybridized carbons (Fsp3) is 0.708. The molecular formula is C48H80N2Pd. The third-order valence-electron chi connectivity index (χ3n) is 10.4. The van der Waals surface area contributed by atoms with Crippen LogP contribution >= 0.6 is 0 Å². The van der Waals surface area contributed by atoms with Gasteiger partial charge in [-0.15, -0.1) is 0 Å². The van der Waals surface area contributed by atoms with E-state index in [1.807, 2.05) is 6.21 Å². The number of hydrogen-bond donors (Lipinski definition) is 0. The van der Waals surface area contributed by atoms with Gasteiger partial charge >= 0.3 is 0 Å². The van der Waals surface area contributed by atoms with Crippen molar-refractivity contribution in [3.63, 3.8) is 0 Å². The van der Waals surface area contributed by atoms with Crippen molar-refractivity contribution < 1.29 is 20.4 Å². The molecule has 0 bridgehead atoms. The number of rotatable bonds is 34. The third-order valence-corrected chi connectivity index (χ3v) is 10.4. The molecule has 0 unspecified atom stereocenters. The van der Waals surface area contributed by atoms with E-state index in [0.29, 0.717) is 0 Å². The average Bonchev–Trinajstić information content (AvgIpc) is 3.13. The summed E-state index contributed by atoms with van der Waals surface area (Å²) in [5.41, 5.74) is 6.05. The topological polar surface area (TPSA) is 24.7 Å². The van der Waals surface area contributed by atoms with E-state index >= 15 is 0 Å². The van der Waals surface area contributed by atoms with Gasteiger partial charge in [0.05, 0.1) is 17.1 Å². The molecule has 0 aromatic heterocycles. The van der Waals surface area contributed by atoms with Crippen molar-refractivity contribution in [2.45, 2.75) is 220 Å². The standard InChI is InChI=1S/C48H80N2.Pd/c1-4-7-10-12-14-16-18-20-22-24-26-28-30-34-44-36-32-39-46(41-44)49-43-48(38-9-6-3)50-47-40-33-37-45(42-47)35-31-29-27-25-23-21-19-17-15-13-11-8-5-2;/h32-33,36-37,39-43H,4-31,34-35,38H2,1-3H3;. The fourth-order valence-corrected chi connectivity index (χ4v) is 7.09. The Kier molecular flexibility index (Phi) is 33.0. The number of nitrogens with zero attached hydrogens (tertiary/aromatic N) is 2. The Morgan fingerprint density at radius 2 is 0.784 bits per heavy atom. The molecule has 292 valence electrons. The molecule has 0 amide bonds. The van der Waals surface area contributed by atoms with Gasteiger partial charge in [-0.05, 0) is 73.9 Å². The van der Waals surface area contributed by atoms with Crippen molar-refractivity contribution in [1.82, 2.24) is 0 Å². The number of benzene rings is 2. The van der Waals surface area contributed by atoms with E-state index in [1.165, 1.54) is 184 Å². The zero-order valence-corrected chi connectivity index (χ0v) is 35.4. The van der Waals surface area contributed by atoms with E-state index in [4.69, 9.17) is 9.98 Å². The van der Waals surface area contributed by atoms with Gasteiger partial charge in [0.1, 0.15) is 0 Å². The minimum atomic E-state index is 0. The summed E-state index contributed by atoms with van der Waals surface area (Å²) in [6, 6.07) is 17.8. The average molecular weight is 792 g/mol. The Balaban J connectivity index is 0.0000130. The van der Waals surface area contributed by atoms with Gasteiger partial charge in [0.15, 0.2) is 0 Å². The van der Waals surface area contributed by atoms with Gasteiger partial charge in [-0.2, -0.15) is 0 Å². The predicted octanol–water partition coefficient (Wildman–Crippen LogP) is 16.6. The van der Waals surface area contributed by atoms with Crippen LogP contribution in [0.4, 0.5) is 11.4 Å². The van der Waals surface area contributed by atoms with Crippen LogP contribution in [0.5, 0.6) is 0 Å². The van der Waals surface area contributed by atoms with Crippen LogP contribution in [0, 0.1) is 0 Å². The summed E-state index contributed by atoms with van der Waals surface area (Å²) < 4.78 is 0. The number of aryl methyl sites for hydroxylation is 2. The van der Waals surface area contributed by atoms with Gasteiger partial charge in [-0.1, -0.05) is 206 Å². The van der Waals surface area contributed by atoms with Crippen molar-refractivity contribution in [3.05, 3.63) is 59.7 Å². The van der Waals surface area contributed by atoms with Crippen LogP contribution < -0.4 is 0 Å². The summed E-state index contributed by atoms with van der Waals surface area (Å²) in [6.45, 7) is 6.85. The van der Waals surface area contributed by atoms with Crippen molar-refractivity contribution in [1.29, 1.82) is 0 Å². The Labute approximate surface area is 331 Å². The Morgan fingerprint density at radius 3 is 1.20 bits per heavy atom. The van der Waals surface area contributed by atoms with E-state index < -0.39 is 0 Å². The molecule has 2 aromatic rings. The van der Waals surface area contributed by atoms with Crippen LogP contribution in [0.1, 0.15) is 218 Å². The van der Waals surface area contributed by atoms with Crippen molar-refractivity contribution in [2.24, 2.45) is 9.98 Å². The number of hydrogen-bond acceptors (Lipinski definition) is 2.